The number of hydrogen-bond acceptors (Lipinski definition) is 3. The lowest BCUT2D eigenvalue weighted by molar-refractivity contribution is -0.128. The van der Waals surface area contributed by atoms with E-state index in [1.54, 1.807) is 0 Å². The van der Waals surface area contributed by atoms with Gasteiger partial charge in [0.1, 0.15) is 0 Å². The van der Waals surface area contributed by atoms with Crippen molar-refractivity contribution in [2.24, 2.45) is 11.8 Å². The van der Waals surface area contributed by atoms with Gasteiger partial charge in [-0.1, -0.05) is 6.92 Å². The lowest BCUT2D eigenvalue weighted by atomic mass is 9.90. The van der Waals surface area contributed by atoms with Crippen LogP contribution in [0, 0.1) is 11.8 Å². The van der Waals surface area contributed by atoms with Crippen molar-refractivity contribution in [2.75, 3.05) is 26.3 Å². The molecule has 2 heterocycles. The molecule has 0 saturated carbocycles. The molecule has 0 spiro atoms. The fourth-order valence-electron chi connectivity index (χ4n) is 2.50. The number of amides is 1. The van der Waals surface area contributed by atoms with Gasteiger partial charge in [0, 0.05) is 25.3 Å². The highest BCUT2D eigenvalue weighted by Gasteiger charge is 2.35. The normalized spacial score (nSPS) is 33.6. The summed E-state index contributed by atoms with van der Waals surface area (Å²) in [6.07, 6.45) is 1.85. The van der Waals surface area contributed by atoms with Crippen LogP contribution in [0.4, 0.5) is 0 Å². The molecular weight excluding hydrogens is 204 g/mol. The summed E-state index contributed by atoms with van der Waals surface area (Å²) in [5, 5.41) is 6.48. The Kier molecular flexibility index (Phi) is 3.50. The first kappa shape index (κ1) is 11.9. The van der Waals surface area contributed by atoms with Crippen molar-refractivity contribution < 1.29 is 9.53 Å². The van der Waals surface area contributed by atoms with Crippen molar-refractivity contribution in [1.29, 1.82) is 0 Å². The molecule has 2 rings (SSSR count). The van der Waals surface area contributed by atoms with Crippen LogP contribution in [0.5, 0.6) is 0 Å². The molecule has 2 atom stereocenters. The third kappa shape index (κ3) is 2.55. The zero-order valence-corrected chi connectivity index (χ0v) is 10.2. The van der Waals surface area contributed by atoms with Crippen LogP contribution in [0.3, 0.4) is 0 Å². The first-order valence-electron chi connectivity index (χ1n) is 6.21. The second-order valence-corrected chi connectivity index (χ2v) is 5.40. The van der Waals surface area contributed by atoms with Crippen molar-refractivity contribution in [3.8, 4) is 0 Å². The minimum Gasteiger partial charge on any atom is -0.381 e. The Morgan fingerprint density at radius 3 is 2.62 bits per heavy atom. The maximum Gasteiger partial charge on any atom is 0.225 e. The molecule has 0 bridgehead atoms. The zero-order chi connectivity index (χ0) is 11.6. The Hall–Kier alpha value is -0.610. The molecule has 0 aromatic rings. The summed E-state index contributed by atoms with van der Waals surface area (Å²) in [4.78, 5) is 12.1. The topological polar surface area (TPSA) is 50.4 Å². The SMILES string of the molecule is C[C@@H]1CNC[C@H]1C(=O)NC1(C)CCOCC1. The number of carbonyl (C=O) groups excluding carboxylic acids is 1. The quantitative estimate of drug-likeness (QED) is 0.722. The summed E-state index contributed by atoms with van der Waals surface area (Å²) in [5.41, 5.74) is -0.0579. The van der Waals surface area contributed by atoms with Gasteiger partial charge in [-0.2, -0.15) is 0 Å². The van der Waals surface area contributed by atoms with Gasteiger partial charge in [-0.3, -0.25) is 4.79 Å². The predicted molar refractivity (Wildman–Crippen MR) is 62.1 cm³/mol. The van der Waals surface area contributed by atoms with E-state index in [-0.39, 0.29) is 17.4 Å². The molecule has 16 heavy (non-hydrogen) atoms. The first-order chi connectivity index (χ1) is 7.61. The highest BCUT2D eigenvalue weighted by atomic mass is 16.5. The van der Waals surface area contributed by atoms with E-state index in [4.69, 9.17) is 4.74 Å². The van der Waals surface area contributed by atoms with E-state index in [1.807, 2.05) is 0 Å². The zero-order valence-electron chi connectivity index (χ0n) is 10.2. The molecule has 4 nitrogen and oxygen atoms in total. The summed E-state index contributed by atoms with van der Waals surface area (Å²) in [5.74, 6) is 0.796. The van der Waals surface area contributed by atoms with Crippen LogP contribution in [0.2, 0.25) is 0 Å². The predicted octanol–water partition coefficient (Wildman–Crippen LogP) is 0.527. The molecule has 2 aliphatic heterocycles. The maximum absolute atomic E-state index is 12.1. The second kappa shape index (κ2) is 4.72. The van der Waals surface area contributed by atoms with E-state index in [0.29, 0.717) is 5.92 Å². The van der Waals surface area contributed by atoms with Crippen LogP contribution in [-0.4, -0.2) is 37.7 Å². The number of rotatable bonds is 2. The third-order valence-electron chi connectivity index (χ3n) is 3.88. The van der Waals surface area contributed by atoms with Crippen LogP contribution in [0.1, 0.15) is 26.7 Å². The standard InChI is InChI=1S/C12H22N2O2/c1-9-7-13-8-10(9)11(15)14-12(2)3-5-16-6-4-12/h9-10,13H,3-8H2,1-2H3,(H,14,15)/t9-,10-/m1/s1. The molecule has 2 fully saturated rings. The number of hydrogen-bond donors (Lipinski definition) is 2. The molecule has 0 aromatic heterocycles. The summed E-state index contributed by atoms with van der Waals surface area (Å²) in [7, 11) is 0. The second-order valence-electron chi connectivity index (χ2n) is 5.40. The number of carbonyl (C=O) groups is 1. The van der Waals surface area contributed by atoms with E-state index in [9.17, 15) is 4.79 Å². The maximum atomic E-state index is 12.1. The Balaban J connectivity index is 1.90. The van der Waals surface area contributed by atoms with Gasteiger partial charge < -0.3 is 15.4 Å². The van der Waals surface area contributed by atoms with Gasteiger partial charge in [0.25, 0.3) is 0 Å². The Morgan fingerprint density at radius 2 is 2.06 bits per heavy atom. The van der Waals surface area contributed by atoms with Crippen LogP contribution >= 0.6 is 0 Å². The number of ether oxygens (including phenoxy) is 1. The summed E-state index contributed by atoms with van der Waals surface area (Å²) in [6, 6.07) is 0. The Bertz CT molecular complexity index is 262. The molecule has 2 N–H and O–H groups in total. The minimum absolute atomic E-state index is 0.0579. The third-order valence-corrected chi connectivity index (χ3v) is 3.88. The van der Waals surface area contributed by atoms with Crippen LogP contribution in [0.25, 0.3) is 0 Å². The van der Waals surface area contributed by atoms with Gasteiger partial charge in [0.15, 0.2) is 0 Å². The molecule has 0 unspecified atom stereocenters. The summed E-state index contributed by atoms with van der Waals surface area (Å²) < 4.78 is 5.33. The average Bonchev–Trinajstić information content (AvgIpc) is 2.65. The molecule has 4 heteroatoms. The molecule has 92 valence electrons. The molecule has 2 saturated heterocycles. The van der Waals surface area contributed by atoms with Gasteiger partial charge in [0.2, 0.25) is 5.91 Å². The van der Waals surface area contributed by atoms with Gasteiger partial charge in [-0.15, -0.1) is 0 Å². The fourth-order valence-corrected chi connectivity index (χ4v) is 2.50. The highest BCUT2D eigenvalue weighted by Crippen LogP contribution is 2.22. The minimum atomic E-state index is -0.0579. The average molecular weight is 226 g/mol. The summed E-state index contributed by atoms with van der Waals surface area (Å²) >= 11 is 0. The van der Waals surface area contributed by atoms with E-state index < -0.39 is 0 Å². The van der Waals surface area contributed by atoms with Gasteiger partial charge >= 0.3 is 0 Å². The molecule has 0 radical (unpaired) electrons. The van der Waals surface area contributed by atoms with Gasteiger partial charge in [-0.25, -0.2) is 0 Å². The fraction of sp³-hybridized carbons (Fsp3) is 0.917. The van der Waals surface area contributed by atoms with E-state index in [0.717, 1.165) is 39.1 Å². The number of nitrogens with one attached hydrogen (secondary N) is 2. The van der Waals surface area contributed by atoms with Gasteiger partial charge in [0.05, 0.1) is 5.92 Å². The Morgan fingerprint density at radius 1 is 1.38 bits per heavy atom. The lowest BCUT2D eigenvalue weighted by Crippen LogP contribution is -2.52. The Labute approximate surface area is 97.1 Å². The smallest absolute Gasteiger partial charge is 0.225 e. The van der Waals surface area contributed by atoms with Crippen LogP contribution < -0.4 is 10.6 Å². The first-order valence-corrected chi connectivity index (χ1v) is 6.21. The van der Waals surface area contributed by atoms with E-state index >= 15 is 0 Å². The van der Waals surface area contributed by atoms with Crippen molar-refractivity contribution in [3.05, 3.63) is 0 Å². The summed E-state index contributed by atoms with van der Waals surface area (Å²) in [6.45, 7) is 7.55. The molecule has 2 aliphatic rings. The molecule has 0 aromatic carbocycles. The van der Waals surface area contributed by atoms with Crippen molar-refractivity contribution in [3.63, 3.8) is 0 Å². The van der Waals surface area contributed by atoms with Crippen LogP contribution in [0.15, 0.2) is 0 Å². The van der Waals surface area contributed by atoms with Crippen molar-refractivity contribution in [2.45, 2.75) is 32.2 Å². The van der Waals surface area contributed by atoms with E-state index in [2.05, 4.69) is 24.5 Å². The van der Waals surface area contributed by atoms with Crippen molar-refractivity contribution in [1.82, 2.24) is 10.6 Å². The lowest BCUT2D eigenvalue weighted by Gasteiger charge is -2.35. The largest absolute Gasteiger partial charge is 0.381 e. The molecule has 0 aliphatic carbocycles. The monoisotopic (exact) mass is 226 g/mol. The van der Waals surface area contributed by atoms with Crippen LogP contribution in [-0.2, 0) is 9.53 Å². The highest BCUT2D eigenvalue weighted by molar-refractivity contribution is 5.80. The molecular formula is C12H22N2O2. The van der Waals surface area contributed by atoms with Crippen molar-refractivity contribution >= 4 is 5.91 Å². The van der Waals surface area contributed by atoms with Gasteiger partial charge in [-0.05, 0) is 32.2 Å². The van der Waals surface area contributed by atoms with E-state index in [1.165, 1.54) is 0 Å². The molecule has 1 amide bonds.